The molecule has 2 aromatic rings. The molecule has 1 amide bonds. The van der Waals surface area contributed by atoms with Crippen LogP contribution in [0.4, 0.5) is 11.6 Å². The Morgan fingerprint density at radius 3 is 2.00 bits per heavy atom. The predicted octanol–water partition coefficient (Wildman–Crippen LogP) is 1.64. The van der Waals surface area contributed by atoms with Gasteiger partial charge in [-0.3, -0.25) is 4.79 Å². The van der Waals surface area contributed by atoms with Crippen LogP contribution in [0.3, 0.4) is 0 Å². The lowest BCUT2D eigenvalue weighted by molar-refractivity contribution is 0.0751. The summed E-state index contributed by atoms with van der Waals surface area (Å²) in [7, 11) is 0. The molecule has 0 spiro atoms. The maximum atomic E-state index is 12.4. The number of carbonyl (C=O) groups is 1. The number of rotatable bonds is 4. The van der Waals surface area contributed by atoms with E-state index < -0.39 is 0 Å². The summed E-state index contributed by atoms with van der Waals surface area (Å²) in [6.07, 6.45) is 0. The van der Waals surface area contributed by atoms with Crippen LogP contribution in [0.2, 0.25) is 0 Å². The van der Waals surface area contributed by atoms with Gasteiger partial charge in [-0.15, -0.1) is 21.5 Å². The average Bonchev–Trinajstić information content (AvgIpc) is 3.28. The summed E-state index contributed by atoms with van der Waals surface area (Å²) >= 11 is 1.50. The molecule has 2 aliphatic heterocycles. The molecule has 2 fully saturated rings. The minimum atomic E-state index is 0.136. The van der Waals surface area contributed by atoms with Crippen LogP contribution in [-0.2, 0) is 0 Å². The molecule has 0 radical (unpaired) electrons. The zero-order valence-corrected chi connectivity index (χ0v) is 16.6. The molecule has 27 heavy (non-hydrogen) atoms. The van der Waals surface area contributed by atoms with Gasteiger partial charge in [0.25, 0.3) is 5.91 Å². The lowest BCUT2D eigenvalue weighted by Crippen LogP contribution is -2.49. The Labute approximate surface area is 164 Å². The number of hydrogen-bond donors (Lipinski definition) is 0. The van der Waals surface area contributed by atoms with Crippen molar-refractivity contribution in [2.45, 2.75) is 6.92 Å². The number of amides is 1. The minimum Gasteiger partial charge on any atom is -0.353 e. The maximum Gasteiger partial charge on any atom is 0.264 e. The summed E-state index contributed by atoms with van der Waals surface area (Å²) in [5, 5.41) is 10.9. The Kier molecular flexibility index (Phi) is 5.54. The van der Waals surface area contributed by atoms with Gasteiger partial charge < -0.3 is 19.6 Å². The molecule has 0 N–H and O–H groups in total. The first-order chi connectivity index (χ1) is 13.2. The van der Waals surface area contributed by atoms with Crippen LogP contribution in [0.1, 0.15) is 16.6 Å². The van der Waals surface area contributed by atoms with Gasteiger partial charge in [0.05, 0.1) is 4.88 Å². The summed E-state index contributed by atoms with van der Waals surface area (Å²) in [4.78, 5) is 22.2. The molecule has 0 aromatic carbocycles. The first-order valence-electron chi connectivity index (χ1n) is 9.63. The van der Waals surface area contributed by atoms with Crippen molar-refractivity contribution in [3.63, 3.8) is 0 Å². The van der Waals surface area contributed by atoms with E-state index in [1.165, 1.54) is 11.3 Å². The molecule has 2 aliphatic rings. The first-order valence-corrected chi connectivity index (χ1v) is 10.5. The van der Waals surface area contributed by atoms with Crippen molar-refractivity contribution in [3.8, 4) is 0 Å². The van der Waals surface area contributed by atoms with Crippen LogP contribution in [0.25, 0.3) is 0 Å². The van der Waals surface area contributed by atoms with E-state index in [0.717, 1.165) is 75.4 Å². The second-order valence-corrected chi connectivity index (χ2v) is 7.88. The molecule has 0 unspecified atom stereocenters. The smallest absolute Gasteiger partial charge is 0.264 e. The van der Waals surface area contributed by atoms with E-state index in [1.54, 1.807) is 0 Å². The maximum absolute atomic E-state index is 12.4. The van der Waals surface area contributed by atoms with Crippen molar-refractivity contribution in [1.82, 2.24) is 20.0 Å². The van der Waals surface area contributed by atoms with Gasteiger partial charge in [0.2, 0.25) is 0 Å². The average molecular weight is 387 g/mol. The summed E-state index contributed by atoms with van der Waals surface area (Å²) in [5.41, 5.74) is 0. The largest absolute Gasteiger partial charge is 0.353 e. The quantitative estimate of drug-likeness (QED) is 0.796. The van der Waals surface area contributed by atoms with E-state index in [2.05, 4.69) is 44.0 Å². The van der Waals surface area contributed by atoms with E-state index in [1.807, 2.05) is 22.4 Å². The van der Waals surface area contributed by atoms with Crippen molar-refractivity contribution in [3.05, 3.63) is 34.5 Å². The molecule has 0 atom stereocenters. The molecule has 0 saturated carbocycles. The fraction of sp³-hybridized carbons (Fsp3) is 0.526. The number of carbonyl (C=O) groups excluding carboxylic acids is 1. The van der Waals surface area contributed by atoms with Crippen molar-refractivity contribution < 1.29 is 4.79 Å². The second kappa shape index (κ2) is 8.22. The number of aromatic nitrogens is 2. The minimum absolute atomic E-state index is 0.136. The van der Waals surface area contributed by atoms with E-state index in [-0.39, 0.29) is 5.91 Å². The summed E-state index contributed by atoms with van der Waals surface area (Å²) in [5.74, 6) is 1.99. The van der Waals surface area contributed by atoms with Crippen molar-refractivity contribution in [2.75, 3.05) is 68.7 Å². The van der Waals surface area contributed by atoms with Crippen LogP contribution in [0.5, 0.6) is 0 Å². The molecule has 8 heteroatoms. The molecular formula is C19H26N6OS. The summed E-state index contributed by atoms with van der Waals surface area (Å²) in [6, 6.07) is 7.95. The standard InChI is InChI=1S/C19H26N6OS/c1-2-22-7-9-23(10-8-22)17-5-6-18(21-20-17)24-11-13-25(14-12-24)19(26)16-4-3-15-27-16/h3-6,15H,2,7-14H2,1H3. The molecule has 2 aromatic heterocycles. The fourth-order valence-corrected chi connectivity index (χ4v) is 4.33. The van der Waals surface area contributed by atoms with Crippen LogP contribution in [0.15, 0.2) is 29.6 Å². The lowest BCUT2D eigenvalue weighted by Gasteiger charge is -2.36. The molecule has 4 rings (SSSR count). The van der Waals surface area contributed by atoms with Gasteiger partial charge in [-0.05, 0) is 30.1 Å². The predicted molar refractivity (Wildman–Crippen MR) is 109 cm³/mol. The highest BCUT2D eigenvalue weighted by Gasteiger charge is 2.24. The molecule has 4 heterocycles. The highest BCUT2D eigenvalue weighted by atomic mass is 32.1. The zero-order valence-electron chi connectivity index (χ0n) is 15.8. The van der Waals surface area contributed by atoms with Crippen molar-refractivity contribution in [2.24, 2.45) is 0 Å². The van der Waals surface area contributed by atoms with E-state index in [9.17, 15) is 4.79 Å². The first kappa shape index (κ1) is 18.2. The van der Waals surface area contributed by atoms with E-state index >= 15 is 0 Å². The number of likely N-dealkylation sites (N-methyl/N-ethyl adjacent to an activating group) is 1. The zero-order chi connectivity index (χ0) is 18.6. The van der Waals surface area contributed by atoms with Gasteiger partial charge in [0, 0.05) is 52.4 Å². The molecule has 0 bridgehead atoms. The van der Waals surface area contributed by atoms with Crippen LogP contribution >= 0.6 is 11.3 Å². The van der Waals surface area contributed by atoms with Crippen LogP contribution < -0.4 is 9.80 Å². The lowest BCUT2D eigenvalue weighted by atomic mass is 10.2. The molecule has 144 valence electrons. The Hall–Kier alpha value is -2.19. The monoisotopic (exact) mass is 386 g/mol. The number of piperazine rings is 2. The normalized spacial score (nSPS) is 18.8. The Morgan fingerprint density at radius 2 is 1.52 bits per heavy atom. The SMILES string of the molecule is CCN1CCN(c2ccc(N3CCN(C(=O)c4cccs4)CC3)nn2)CC1. The van der Waals surface area contributed by atoms with Gasteiger partial charge >= 0.3 is 0 Å². The van der Waals surface area contributed by atoms with Crippen molar-refractivity contribution >= 4 is 28.9 Å². The molecule has 2 saturated heterocycles. The summed E-state index contributed by atoms with van der Waals surface area (Å²) < 4.78 is 0. The third-order valence-corrected chi connectivity index (χ3v) is 6.26. The van der Waals surface area contributed by atoms with E-state index in [4.69, 9.17) is 0 Å². The van der Waals surface area contributed by atoms with Gasteiger partial charge in [-0.2, -0.15) is 0 Å². The van der Waals surface area contributed by atoms with Crippen molar-refractivity contribution in [1.29, 1.82) is 0 Å². The third kappa shape index (κ3) is 4.06. The number of nitrogens with zero attached hydrogens (tertiary/aromatic N) is 6. The van der Waals surface area contributed by atoms with Gasteiger partial charge in [0.1, 0.15) is 0 Å². The highest BCUT2D eigenvalue weighted by Crippen LogP contribution is 2.19. The Bertz CT molecular complexity index is 734. The topological polar surface area (TPSA) is 55.8 Å². The number of thiophene rings is 1. The molecule has 7 nitrogen and oxygen atoms in total. The van der Waals surface area contributed by atoms with Crippen LogP contribution in [-0.4, -0.2) is 84.8 Å². The third-order valence-electron chi connectivity index (χ3n) is 5.40. The van der Waals surface area contributed by atoms with E-state index in [0.29, 0.717) is 0 Å². The Morgan fingerprint density at radius 1 is 0.926 bits per heavy atom. The number of hydrogen-bond acceptors (Lipinski definition) is 7. The number of anilines is 2. The van der Waals surface area contributed by atoms with Gasteiger partial charge in [0.15, 0.2) is 11.6 Å². The fourth-order valence-electron chi connectivity index (χ4n) is 3.64. The second-order valence-electron chi connectivity index (χ2n) is 6.93. The van der Waals surface area contributed by atoms with Crippen LogP contribution in [0, 0.1) is 0 Å². The van der Waals surface area contributed by atoms with Gasteiger partial charge in [-0.25, -0.2) is 0 Å². The van der Waals surface area contributed by atoms with Gasteiger partial charge in [-0.1, -0.05) is 13.0 Å². The Balaban J connectivity index is 1.32. The molecular weight excluding hydrogens is 360 g/mol. The highest BCUT2D eigenvalue weighted by molar-refractivity contribution is 7.12. The summed E-state index contributed by atoms with van der Waals surface area (Å²) in [6.45, 7) is 10.5. The molecule has 0 aliphatic carbocycles.